The number of aliphatic hydroxyl groups is 1. The van der Waals surface area contributed by atoms with Crippen LogP contribution in [0.4, 0.5) is 0 Å². The second-order valence-corrected chi connectivity index (χ2v) is 4.13. The van der Waals surface area contributed by atoms with Crippen LogP contribution in [0.15, 0.2) is 36.9 Å². The Balaban J connectivity index is 2.62. The van der Waals surface area contributed by atoms with Crippen LogP contribution in [-0.2, 0) is 4.79 Å². The molecule has 0 fully saturated rings. The third-order valence-corrected chi connectivity index (χ3v) is 2.62. The lowest BCUT2D eigenvalue weighted by molar-refractivity contribution is -0.132. The fraction of sp³-hybridized carbons (Fsp3) is 0.286. The molecule has 7 nitrogen and oxygen atoms in total. The molecule has 0 radical (unpaired) electrons. The van der Waals surface area contributed by atoms with E-state index in [1.165, 1.54) is 17.6 Å². The van der Waals surface area contributed by atoms with Crippen LogP contribution >= 0.6 is 0 Å². The van der Waals surface area contributed by atoms with E-state index in [2.05, 4.69) is 11.9 Å². The van der Waals surface area contributed by atoms with Gasteiger partial charge < -0.3 is 15.2 Å². The van der Waals surface area contributed by atoms with E-state index in [0.717, 1.165) is 6.42 Å². The molecule has 0 saturated carbocycles. The van der Waals surface area contributed by atoms with Crippen molar-refractivity contribution in [2.24, 2.45) is 0 Å². The van der Waals surface area contributed by atoms with Gasteiger partial charge in [0.25, 0.3) is 11.8 Å². The molecule has 0 bridgehead atoms. The Bertz CT molecular complexity index is 487. The topological polar surface area (TPSA) is 108 Å². The number of hydrogen-bond donors (Lipinski definition) is 4. The van der Waals surface area contributed by atoms with Gasteiger partial charge in [-0.3, -0.25) is 14.8 Å². The monoisotopic (exact) mass is 294 g/mol. The van der Waals surface area contributed by atoms with Crippen LogP contribution in [0, 0.1) is 0 Å². The summed E-state index contributed by atoms with van der Waals surface area (Å²) in [5.41, 5.74) is 1.67. The summed E-state index contributed by atoms with van der Waals surface area (Å²) in [6.07, 6.45) is 2.46. The van der Waals surface area contributed by atoms with E-state index in [1.807, 2.05) is 0 Å². The van der Waals surface area contributed by atoms with Gasteiger partial charge in [-0.05, 0) is 30.7 Å². The number of nitrogens with one attached hydrogen (secondary N) is 2. The molecule has 0 aliphatic rings. The van der Waals surface area contributed by atoms with Crippen molar-refractivity contribution < 1.29 is 24.6 Å². The van der Waals surface area contributed by atoms with E-state index < -0.39 is 24.5 Å². The molecular formula is C14H18N2O5. The SMILES string of the molecule is C=CCCOc1ccc(C(=O)N[C@@H](CO)C(=O)NO)cc1. The molecule has 7 heteroatoms. The van der Waals surface area contributed by atoms with Gasteiger partial charge in [0.15, 0.2) is 0 Å². The van der Waals surface area contributed by atoms with Crippen LogP contribution in [0.1, 0.15) is 16.8 Å². The quantitative estimate of drug-likeness (QED) is 0.238. The van der Waals surface area contributed by atoms with Crippen LogP contribution in [0.3, 0.4) is 0 Å². The summed E-state index contributed by atoms with van der Waals surface area (Å²) < 4.78 is 5.40. The molecule has 0 saturated heterocycles. The zero-order valence-electron chi connectivity index (χ0n) is 11.4. The summed E-state index contributed by atoms with van der Waals surface area (Å²) in [6, 6.07) is 5.09. The Labute approximate surface area is 122 Å². The number of hydrogen-bond acceptors (Lipinski definition) is 5. The Morgan fingerprint density at radius 1 is 1.33 bits per heavy atom. The van der Waals surface area contributed by atoms with Crippen molar-refractivity contribution >= 4 is 11.8 Å². The molecule has 0 spiro atoms. The lowest BCUT2D eigenvalue weighted by atomic mass is 10.2. The Kier molecular flexibility index (Phi) is 6.93. The first-order chi connectivity index (χ1) is 10.1. The fourth-order valence-electron chi connectivity index (χ4n) is 1.48. The molecule has 21 heavy (non-hydrogen) atoms. The van der Waals surface area contributed by atoms with Crippen LogP contribution in [0.5, 0.6) is 5.75 Å². The van der Waals surface area contributed by atoms with E-state index in [0.29, 0.717) is 17.9 Å². The summed E-state index contributed by atoms with van der Waals surface area (Å²) in [7, 11) is 0. The van der Waals surface area contributed by atoms with Crippen LogP contribution in [-0.4, -0.2) is 41.4 Å². The predicted molar refractivity (Wildman–Crippen MR) is 75.0 cm³/mol. The highest BCUT2D eigenvalue weighted by Gasteiger charge is 2.19. The zero-order valence-corrected chi connectivity index (χ0v) is 11.4. The van der Waals surface area contributed by atoms with E-state index in [-0.39, 0.29) is 0 Å². The predicted octanol–water partition coefficient (Wildman–Crippen LogP) is 0.238. The second kappa shape index (κ2) is 8.72. The lowest BCUT2D eigenvalue weighted by Gasteiger charge is -2.14. The van der Waals surface area contributed by atoms with Crippen LogP contribution in [0.2, 0.25) is 0 Å². The molecule has 114 valence electrons. The number of benzene rings is 1. The number of ether oxygens (including phenoxy) is 1. The van der Waals surface area contributed by atoms with Gasteiger partial charge in [0.1, 0.15) is 11.8 Å². The number of carbonyl (C=O) groups excluding carboxylic acids is 2. The maximum Gasteiger partial charge on any atom is 0.268 e. The van der Waals surface area contributed by atoms with Crippen molar-refractivity contribution in [2.45, 2.75) is 12.5 Å². The first kappa shape index (κ1) is 16.7. The summed E-state index contributed by atoms with van der Waals surface area (Å²) in [5.74, 6) is -0.828. The van der Waals surface area contributed by atoms with Crippen molar-refractivity contribution in [3.63, 3.8) is 0 Å². The zero-order chi connectivity index (χ0) is 15.7. The third kappa shape index (κ3) is 5.25. The summed E-state index contributed by atoms with van der Waals surface area (Å²) >= 11 is 0. The van der Waals surface area contributed by atoms with Gasteiger partial charge in [-0.2, -0.15) is 0 Å². The number of aliphatic hydroxyl groups excluding tert-OH is 1. The van der Waals surface area contributed by atoms with Gasteiger partial charge >= 0.3 is 0 Å². The molecule has 1 aromatic rings. The summed E-state index contributed by atoms with van der Waals surface area (Å²) in [5, 5.41) is 19.7. The van der Waals surface area contributed by atoms with Gasteiger partial charge in [-0.1, -0.05) is 6.08 Å². The van der Waals surface area contributed by atoms with E-state index in [4.69, 9.17) is 15.1 Å². The first-order valence-electron chi connectivity index (χ1n) is 6.31. The first-order valence-corrected chi connectivity index (χ1v) is 6.31. The Morgan fingerprint density at radius 2 is 2.00 bits per heavy atom. The minimum Gasteiger partial charge on any atom is -0.493 e. The molecule has 0 heterocycles. The van der Waals surface area contributed by atoms with Crippen molar-refractivity contribution in [1.29, 1.82) is 0 Å². The average molecular weight is 294 g/mol. The number of amides is 2. The minimum atomic E-state index is -1.22. The molecule has 1 aromatic carbocycles. The highest BCUT2D eigenvalue weighted by molar-refractivity contribution is 5.97. The Morgan fingerprint density at radius 3 is 2.52 bits per heavy atom. The molecule has 4 N–H and O–H groups in total. The van der Waals surface area contributed by atoms with Crippen molar-refractivity contribution in [1.82, 2.24) is 10.8 Å². The van der Waals surface area contributed by atoms with Gasteiger partial charge in [0, 0.05) is 5.56 Å². The smallest absolute Gasteiger partial charge is 0.268 e. The summed E-state index contributed by atoms with van der Waals surface area (Å²) in [6.45, 7) is 3.46. The number of carbonyl (C=O) groups is 2. The molecule has 0 aromatic heterocycles. The second-order valence-electron chi connectivity index (χ2n) is 4.13. The van der Waals surface area contributed by atoms with Crippen molar-refractivity contribution in [3.05, 3.63) is 42.5 Å². The largest absolute Gasteiger partial charge is 0.493 e. The standard InChI is InChI=1S/C14H18N2O5/c1-2-3-8-21-11-6-4-10(5-7-11)13(18)15-12(9-17)14(19)16-20/h2,4-7,12,17,20H,1,3,8-9H2,(H,15,18)(H,16,19)/t12-/m0/s1. The highest BCUT2D eigenvalue weighted by Crippen LogP contribution is 2.12. The number of rotatable bonds is 8. The van der Waals surface area contributed by atoms with Gasteiger partial charge in [-0.15, -0.1) is 6.58 Å². The maximum atomic E-state index is 11.9. The van der Waals surface area contributed by atoms with Gasteiger partial charge in [0.05, 0.1) is 13.2 Å². The molecule has 0 aliphatic carbocycles. The molecule has 1 atom stereocenters. The Hall–Kier alpha value is -2.38. The summed E-state index contributed by atoms with van der Waals surface area (Å²) in [4.78, 5) is 23.0. The van der Waals surface area contributed by atoms with Crippen LogP contribution < -0.4 is 15.5 Å². The molecule has 0 aliphatic heterocycles. The van der Waals surface area contributed by atoms with Gasteiger partial charge in [-0.25, -0.2) is 5.48 Å². The number of hydroxylamine groups is 1. The molecular weight excluding hydrogens is 276 g/mol. The van der Waals surface area contributed by atoms with E-state index in [1.54, 1.807) is 18.2 Å². The van der Waals surface area contributed by atoms with Crippen molar-refractivity contribution in [3.8, 4) is 5.75 Å². The molecule has 1 rings (SSSR count). The molecule has 2 amide bonds. The van der Waals surface area contributed by atoms with Crippen molar-refractivity contribution in [2.75, 3.05) is 13.2 Å². The lowest BCUT2D eigenvalue weighted by Crippen LogP contribution is -2.48. The normalized spacial score (nSPS) is 11.3. The van der Waals surface area contributed by atoms with E-state index >= 15 is 0 Å². The maximum absolute atomic E-state index is 11.9. The third-order valence-electron chi connectivity index (χ3n) is 2.62. The fourth-order valence-corrected chi connectivity index (χ4v) is 1.48. The van der Waals surface area contributed by atoms with E-state index in [9.17, 15) is 9.59 Å². The molecule has 0 unspecified atom stereocenters. The average Bonchev–Trinajstić information content (AvgIpc) is 2.52. The highest BCUT2D eigenvalue weighted by atomic mass is 16.5. The van der Waals surface area contributed by atoms with Gasteiger partial charge in [0.2, 0.25) is 0 Å². The van der Waals surface area contributed by atoms with Crippen LogP contribution in [0.25, 0.3) is 0 Å². The minimum absolute atomic E-state index is 0.301.